The van der Waals surface area contributed by atoms with Crippen LogP contribution in [-0.4, -0.2) is 9.13 Å². The predicted octanol–water partition coefficient (Wildman–Crippen LogP) is 4.63. The van der Waals surface area contributed by atoms with Crippen molar-refractivity contribution < 1.29 is 8.78 Å². The molecular formula is C28H27F2N3O2. The fourth-order valence-corrected chi connectivity index (χ4v) is 4.56. The molecule has 0 aliphatic heterocycles. The first-order chi connectivity index (χ1) is 16.7. The molecule has 0 fully saturated rings. The zero-order valence-corrected chi connectivity index (χ0v) is 19.9. The van der Waals surface area contributed by atoms with E-state index in [0.29, 0.717) is 5.56 Å². The van der Waals surface area contributed by atoms with Gasteiger partial charge < -0.3 is 5.73 Å². The summed E-state index contributed by atoms with van der Waals surface area (Å²) in [7, 11) is 0. The molecule has 1 atom stereocenters. The van der Waals surface area contributed by atoms with Gasteiger partial charge in [0.15, 0.2) is 0 Å². The van der Waals surface area contributed by atoms with Crippen molar-refractivity contribution in [3.63, 3.8) is 0 Å². The number of hydrogen-bond donors (Lipinski definition) is 1. The van der Waals surface area contributed by atoms with E-state index in [4.69, 9.17) is 5.73 Å². The van der Waals surface area contributed by atoms with Crippen LogP contribution < -0.4 is 17.0 Å². The standard InChI is InChI=1S/C28H27F2N3O2/c1-17-12-18(2)26(19(3)13-17)22-15-32(14-21-23(29)10-7-11-24(21)30)28(35)33(27(22)34)16-25(31)20-8-5-4-6-9-20/h4-13,15,25H,14,16,31H2,1-3H3/t25-/m0/s1. The second kappa shape index (κ2) is 9.80. The number of aromatic nitrogens is 2. The zero-order valence-electron chi connectivity index (χ0n) is 19.9. The van der Waals surface area contributed by atoms with Crippen LogP contribution in [0.25, 0.3) is 11.1 Å². The van der Waals surface area contributed by atoms with Gasteiger partial charge in [-0.3, -0.25) is 13.9 Å². The SMILES string of the molecule is Cc1cc(C)c(-c2cn(Cc3c(F)cccc3F)c(=O)n(C[C@H](N)c3ccccc3)c2=O)c(C)c1. The van der Waals surface area contributed by atoms with Crippen molar-refractivity contribution in [3.05, 3.63) is 127 Å². The summed E-state index contributed by atoms with van der Waals surface area (Å²) in [5.41, 5.74) is 9.40. The predicted molar refractivity (Wildman–Crippen MR) is 133 cm³/mol. The average molecular weight is 476 g/mol. The maximum Gasteiger partial charge on any atom is 0.331 e. The van der Waals surface area contributed by atoms with Crippen LogP contribution in [0, 0.1) is 32.4 Å². The van der Waals surface area contributed by atoms with E-state index in [0.717, 1.165) is 39.0 Å². The van der Waals surface area contributed by atoms with Crippen molar-refractivity contribution in [3.8, 4) is 11.1 Å². The number of hydrogen-bond acceptors (Lipinski definition) is 3. The molecule has 1 aromatic heterocycles. The highest BCUT2D eigenvalue weighted by Crippen LogP contribution is 2.26. The first kappa shape index (κ1) is 24.3. The molecule has 0 saturated heterocycles. The van der Waals surface area contributed by atoms with Gasteiger partial charge in [-0.1, -0.05) is 54.1 Å². The minimum absolute atomic E-state index is 0.0841. The van der Waals surface area contributed by atoms with Crippen molar-refractivity contribution in [1.29, 1.82) is 0 Å². The monoisotopic (exact) mass is 475 g/mol. The molecular weight excluding hydrogens is 448 g/mol. The van der Waals surface area contributed by atoms with E-state index in [1.165, 1.54) is 16.8 Å². The number of nitrogens with two attached hydrogens (primary N) is 1. The van der Waals surface area contributed by atoms with Gasteiger partial charge in [0.2, 0.25) is 0 Å². The Morgan fingerprint density at radius 1 is 0.886 bits per heavy atom. The molecule has 0 spiro atoms. The van der Waals surface area contributed by atoms with E-state index >= 15 is 0 Å². The molecule has 0 radical (unpaired) electrons. The second-order valence-electron chi connectivity index (χ2n) is 8.86. The largest absolute Gasteiger partial charge is 0.331 e. The van der Waals surface area contributed by atoms with E-state index in [9.17, 15) is 18.4 Å². The van der Waals surface area contributed by atoms with Crippen molar-refractivity contribution >= 4 is 0 Å². The summed E-state index contributed by atoms with van der Waals surface area (Å²) in [5, 5.41) is 0. The van der Waals surface area contributed by atoms with E-state index < -0.39 is 28.9 Å². The molecule has 5 nitrogen and oxygen atoms in total. The Morgan fingerprint density at radius 3 is 2.09 bits per heavy atom. The minimum Gasteiger partial charge on any atom is -0.322 e. The second-order valence-corrected chi connectivity index (χ2v) is 8.86. The quantitative estimate of drug-likeness (QED) is 0.442. The first-order valence-electron chi connectivity index (χ1n) is 11.3. The van der Waals surface area contributed by atoms with Gasteiger partial charge in [-0.25, -0.2) is 13.6 Å². The third kappa shape index (κ3) is 4.86. The fraction of sp³-hybridized carbons (Fsp3) is 0.214. The van der Waals surface area contributed by atoms with Gasteiger partial charge in [-0.15, -0.1) is 0 Å². The number of rotatable bonds is 6. The van der Waals surface area contributed by atoms with Gasteiger partial charge in [0, 0.05) is 17.8 Å². The maximum absolute atomic E-state index is 14.4. The molecule has 4 aromatic rings. The van der Waals surface area contributed by atoms with Crippen LogP contribution in [0.15, 0.2) is 76.4 Å². The van der Waals surface area contributed by atoms with Crippen molar-refractivity contribution in [2.45, 2.75) is 39.9 Å². The summed E-state index contributed by atoms with van der Waals surface area (Å²) in [6, 6.07) is 16.0. The summed E-state index contributed by atoms with van der Waals surface area (Å²) >= 11 is 0. The van der Waals surface area contributed by atoms with Gasteiger partial charge >= 0.3 is 5.69 Å². The van der Waals surface area contributed by atoms with E-state index in [1.54, 1.807) is 0 Å². The lowest BCUT2D eigenvalue weighted by Gasteiger charge is -2.19. The highest BCUT2D eigenvalue weighted by Gasteiger charge is 2.20. The Kier molecular flexibility index (Phi) is 6.80. The minimum atomic E-state index is -0.764. The van der Waals surface area contributed by atoms with Gasteiger partial charge in [0.25, 0.3) is 5.56 Å². The molecule has 3 aromatic carbocycles. The summed E-state index contributed by atoms with van der Waals surface area (Å²) in [6.45, 7) is 5.29. The third-order valence-electron chi connectivity index (χ3n) is 6.18. The Hall–Kier alpha value is -3.84. The normalized spacial score (nSPS) is 12.1. The van der Waals surface area contributed by atoms with Gasteiger partial charge in [0.05, 0.1) is 18.7 Å². The summed E-state index contributed by atoms with van der Waals surface area (Å²) in [5.74, 6) is -1.53. The van der Waals surface area contributed by atoms with Crippen LogP contribution >= 0.6 is 0 Å². The Bertz CT molecular complexity index is 1460. The number of aryl methyl sites for hydroxylation is 3. The molecule has 0 saturated carbocycles. The van der Waals surface area contributed by atoms with Crippen molar-refractivity contribution in [1.82, 2.24) is 9.13 Å². The zero-order chi connectivity index (χ0) is 25.3. The van der Waals surface area contributed by atoms with Crippen LogP contribution in [0.3, 0.4) is 0 Å². The molecule has 0 amide bonds. The summed E-state index contributed by atoms with van der Waals surface area (Å²) < 4.78 is 31.1. The molecule has 2 N–H and O–H groups in total. The van der Waals surface area contributed by atoms with E-state index in [1.807, 2.05) is 63.2 Å². The van der Waals surface area contributed by atoms with Crippen molar-refractivity contribution in [2.75, 3.05) is 0 Å². The lowest BCUT2D eigenvalue weighted by molar-refractivity contribution is 0.498. The Morgan fingerprint density at radius 2 is 1.49 bits per heavy atom. The van der Waals surface area contributed by atoms with Gasteiger partial charge in [0.1, 0.15) is 11.6 Å². The van der Waals surface area contributed by atoms with E-state index in [-0.39, 0.29) is 24.2 Å². The van der Waals surface area contributed by atoms with Gasteiger partial charge in [-0.05, 0) is 55.2 Å². The smallest absolute Gasteiger partial charge is 0.322 e. The summed E-state index contributed by atoms with van der Waals surface area (Å²) in [6.07, 6.45) is 1.39. The molecule has 0 bridgehead atoms. The Balaban J connectivity index is 1.93. The molecule has 35 heavy (non-hydrogen) atoms. The third-order valence-corrected chi connectivity index (χ3v) is 6.18. The van der Waals surface area contributed by atoms with E-state index in [2.05, 4.69) is 0 Å². The molecule has 0 aliphatic carbocycles. The van der Waals surface area contributed by atoms with Crippen LogP contribution in [0.4, 0.5) is 8.78 Å². The number of benzene rings is 3. The highest BCUT2D eigenvalue weighted by atomic mass is 19.1. The topological polar surface area (TPSA) is 70.0 Å². The lowest BCUT2D eigenvalue weighted by atomic mass is 9.95. The maximum atomic E-state index is 14.4. The lowest BCUT2D eigenvalue weighted by Crippen LogP contribution is -2.43. The number of nitrogens with zero attached hydrogens (tertiary/aromatic N) is 2. The fourth-order valence-electron chi connectivity index (χ4n) is 4.56. The first-order valence-corrected chi connectivity index (χ1v) is 11.3. The van der Waals surface area contributed by atoms with Crippen LogP contribution in [0.5, 0.6) is 0 Å². The van der Waals surface area contributed by atoms with Crippen LogP contribution in [0.2, 0.25) is 0 Å². The summed E-state index contributed by atoms with van der Waals surface area (Å²) in [4.78, 5) is 27.0. The van der Waals surface area contributed by atoms with Crippen LogP contribution in [-0.2, 0) is 13.1 Å². The molecule has 7 heteroatoms. The molecule has 0 unspecified atom stereocenters. The molecule has 4 rings (SSSR count). The molecule has 180 valence electrons. The average Bonchev–Trinajstić information content (AvgIpc) is 2.81. The highest BCUT2D eigenvalue weighted by molar-refractivity contribution is 5.70. The molecule has 0 aliphatic rings. The Labute approximate surface area is 202 Å². The molecule has 1 heterocycles. The van der Waals surface area contributed by atoms with Crippen molar-refractivity contribution in [2.24, 2.45) is 5.73 Å². The van der Waals surface area contributed by atoms with Gasteiger partial charge in [-0.2, -0.15) is 0 Å². The van der Waals surface area contributed by atoms with Crippen LogP contribution in [0.1, 0.15) is 33.9 Å². The number of halogens is 2.